The molecule has 1 unspecified atom stereocenters. The Morgan fingerprint density at radius 2 is 1.48 bits per heavy atom. The lowest BCUT2D eigenvalue weighted by Gasteiger charge is -2.38. The highest BCUT2D eigenvalue weighted by Gasteiger charge is 2.52. The summed E-state index contributed by atoms with van der Waals surface area (Å²) >= 11 is 0. The minimum atomic E-state index is -0.372. The van der Waals surface area contributed by atoms with Gasteiger partial charge in [-0.25, -0.2) is 0 Å². The van der Waals surface area contributed by atoms with Crippen LogP contribution >= 0.6 is 0 Å². The van der Waals surface area contributed by atoms with Crippen LogP contribution in [0.3, 0.4) is 0 Å². The van der Waals surface area contributed by atoms with Crippen molar-refractivity contribution in [3.05, 3.63) is 47.7 Å². The van der Waals surface area contributed by atoms with Crippen molar-refractivity contribution in [2.45, 2.75) is 84.8 Å². The van der Waals surface area contributed by atoms with Gasteiger partial charge in [0.15, 0.2) is 0 Å². The van der Waals surface area contributed by atoms with Gasteiger partial charge in [-0.1, -0.05) is 52.8 Å². The minimum absolute atomic E-state index is 0.161. The van der Waals surface area contributed by atoms with Crippen molar-refractivity contribution in [1.29, 1.82) is 0 Å². The molecule has 0 saturated carbocycles. The van der Waals surface area contributed by atoms with Gasteiger partial charge in [0.25, 0.3) is 0 Å². The fourth-order valence-electron chi connectivity index (χ4n) is 4.62. The van der Waals surface area contributed by atoms with Gasteiger partial charge in [0.05, 0.1) is 16.9 Å². The molecule has 4 rings (SSSR count). The number of pyridine rings is 1. The van der Waals surface area contributed by atoms with Crippen molar-refractivity contribution < 1.29 is 9.31 Å². The molecule has 2 heterocycles. The molecule has 2 aliphatic rings. The molecule has 1 aliphatic carbocycles. The lowest BCUT2D eigenvalue weighted by Crippen LogP contribution is -2.41. The Morgan fingerprint density at radius 3 is 2.03 bits per heavy atom. The Kier molecular flexibility index (Phi) is 4.40. The first-order valence-electron chi connectivity index (χ1n) is 10.7. The van der Waals surface area contributed by atoms with Crippen LogP contribution in [0.4, 0.5) is 0 Å². The first-order chi connectivity index (χ1) is 13.3. The Bertz CT molecular complexity index is 928. The molecule has 0 N–H and O–H groups in total. The normalized spacial score (nSPS) is 25.8. The zero-order valence-electron chi connectivity index (χ0n) is 19.4. The predicted molar refractivity (Wildman–Crippen MR) is 121 cm³/mol. The zero-order chi connectivity index (χ0) is 21.4. The lowest BCUT2D eigenvalue weighted by molar-refractivity contribution is 0.00578. The summed E-state index contributed by atoms with van der Waals surface area (Å²) in [5, 5.41) is 0. The van der Waals surface area contributed by atoms with Crippen LogP contribution < -0.4 is 5.46 Å². The van der Waals surface area contributed by atoms with Crippen molar-refractivity contribution in [3.8, 4) is 11.3 Å². The molecule has 1 saturated heterocycles. The number of aromatic nitrogens is 1. The molecule has 0 spiro atoms. The van der Waals surface area contributed by atoms with Crippen LogP contribution in [0.2, 0.25) is 0 Å². The van der Waals surface area contributed by atoms with E-state index in [0.29, 0.717) is 5.92 Å². The predicted octanol–water partition coefficient (Wildman–Crippen LogP) is 5.47. The standard InChI is InChI=1S/C25H34BNO2/c1-16-19-14-17(10-12-20(19)23(4,5)22(16,2)3)21-13-11-18(15-27-21)26-28-24(6,7)25(8,9)29-26/h10-16H,1-9H3. The summed E-state index contributed by atoms with van der Waals surface area (Å²) in [7, 11) is -0.372. The van der Waals surface area contributed by atoms with Gasteiger partial charge >= 0.3 is 7.12 Å². The number of benzene rings is 1. The van der Waals surface area contributed by atoms with E-state index in [1.165, 1.54) is 16.7 Å². The van der Waals surface area contributed by atoms with E-state index in [9.17, 15) is 0 Å². The summed E-state index contributed by atoms with van der Waals surface area (Å²) < 4.78 is 12.3. The summed E-state index contributed by atoms with van der Waals surface area (Å²) in [6.45, 7) is 20.1. The van der Waals surface area contributed by atoms with Crippen molar-refractivity contribution in [1.82, 2.24) is 4.98 Å². The average molecular weight is 391 g/mol. The molecule has 1 atom stereocenters. The summed E-state index contributed by atoms with van der Waals surface area (Å²) in [5.41, 5.74) is 5.74. The van der Waals surface area contributed by atoms with Gasteiger partial charge in [-0.05, 0) is 67.7 Å². The second-order valence-electron chi connectivity index (χ2n) is 10.9. The molecule has 1 aromatic heterocycles. The Balaban J connectivity index is 1.63. The molecule has 1 aromatic carbocycles. The third-order valence-corrected chi connectivity index (χ3v) is 8.49. The maximum Gasteiger partial charge on any atom is 0.496 e. The van der Waals surface area contributed by atoms with E-state index in [4.69, 9.17) is 14.3 Å². The number of hydrogen-bond donors (Lipinski definition) is 0. The quantitative estimate of drug-likeness (QED) is 0.637. The highest BCUT2D eigenvalue weighted by molar-refractivity contribution is 6.62. The van der Waals surface area contributed by atoms with Crippen molar-refractivity contribution in [2.24, 2.45) is 5.41 Å². The monoisotopic (exact) mass is 391 g/mol. The van der Waals surface area contributed by atoms with Crippen molar-refractivity contribution in [3.63, 3.8) is 0 Å². The highest BCUT2D eigenvalue weighted by atomic mass is 16.7. The summed E-state index contributed by atoms with van der Waals surface area (Å²) in [6.07, 6.45) is 1.89. The molecule has 0 radical (unpaired) electrons. The zero-order valence-corrected chi connectivity index (χ0v) is 19.4. The molecule has 29 heavy (non-hydrogen) atoms. The second-order valence-corrected chi connectivity index (χ2v) is 10.9. The maximum absolute atomic E-state index is 6.15. The van der Waals surface area contributed by atoms with Crippen molar-refractivity contribution >= 4 is 12.6 Å². The van der Waals surface area contributed by atoms with E-state index in [2.05, 4.69) is 92.6 Å². The Morgan fingerprint density at radius 1 is 0.862 bits per heavy atom. The van der Waals surface area contributed by atoms with Gasteiger partial charge in [-0.15, -0.1) is 0 Å². The fraction of sp³-hybridized carbons (Fsp3) is 0.560. The molecule has 4 heteroatoms. The van der Waals surface area contributed by atoms with E-state index >= 15 is 0 Å². The molecule has 1 aliphatic heterocycles. The minimum Gasteiger partial charge on any atom is -0.399 e. The van der Waals surface area contributed by atoms with E-state index < -0.39 is 0 Å². The van der Waals surface area contributed by atoms with E-state index in [-0.39, 0.29) is 29.2 Å². The van der Waals surface area contributed by atoms with Crippen LogP contribution in [0, 0.1) is 5.41 Å². The highest BCUT2D eigenvalue weighted by Crippen LogP contribution is 2.58. The molecule has 3 nitrogen and oxygen atoms in total. The summed E-state index contributed by atoms with van der Waals surface area (Å²) in [6, 6.07) is 11.0. The van der Waals surface area contributed by atoms with E-state index in [0.717, 1.165) is 11.2 Å². The summed E-state index contributed by atoms with van der Waals surface area (Å²) in [5.74, 6) is 0.511. The van der Waals surface area contributed by atoms with Crippen LogP contribution in [-0.4, -0.2) is 23.3 Å². The fourth-order valence-corrected chi connectivity index (χ4v) is 4.62. The molecule has 0 amide bonds. The number of rotatable bonds is 2. The smallest absolute Gasteiger partial charge is 0.399 e. The van der Waals surface area contributed by atoms with Gasteiger partial charge in [0.1, 0.15) is 0 Å². The molecular weight excluding hydrogens is 357 g/mol. The lowest BCUT2D eigenvalue weighted by atomic mass is 9.65. The first-order valence-corrected chi connectivity index (χ1v) is 10.7. The van der Waals surface area contributed by atoms with Crippen LogP contribution in [0.15, 0.2) is 36.5 Å². The van der Waals surface area contributed by atoms with Crippen LogP contribution in [-0.2, 0) is 14.7 Å². The largest absolute Gasteiger partial charge is 0.496 e. The van der Waals surface area contributed by atoms with Gasteiger partial charge in [0.2, 0.25) is 0 Å². The van der Waals surface area contributed by atoms with Crippen LogP contribution in [0.25, 0.3) is 11.3 Å². The number of nitrogens with zero attached hydrogens (tertiary/aromatic N) is 1. The third-order valence-electron chi connectivity index (χ3n) is 8.49. The molecule has 0 bridgehead atoms. The SMILES string of the molecule is CC1c2cc(-c3ccc(B4OC(C)(C)C(C)(C)O4)cn3)ccc2C(C)(C)C1(C)C. The van der Waals surface area contributed by atoms with Gasteiger partial charge < -0.3 is 9.31 Å². The van der Waals surface area contributed by atoms with Gasteiger partial charge in [-0.3, -0.25) is 4.98 Å². The molecular formula is C25H34BNO2. The molecule has 2 aromatic rings. The number of hydrogen-bond acceptors (Lipinski definition) is 3. The molecule has 154 valence electrons. The van der Waals surface area contributed by atoms with E-state index in [1.807, 2.05) is 6.20 Å². The van der Waals surface area contributed by atoms with Crippen molar-refractivity contribution in [2.75, 3.05) is 0 Å². The molecule has 1 fully saturated rings. The van der Waals surface area contributed by atoms with Crippen LogP contribution in [0.1, 0.15) is 79.4 Å². The Labute approximate surface area is 176 Å². The van der Waals surface area contributed by atoms with Gasteiger partial charge in [-0.2, -0.15) is 0 Å². The van der Waals surface area contributed by atoms with E-state index in [1.54, 1.807) is 0 Å². The topological polar surface area (TPSA) is 31.4 Å². The summed E-state index contributed by atoms with van der Waals surface area (Å²) in [4.78, 5) is 4.75. The van der Waals surface area contributed by atoms with Crippen LogP contribution in [0.5, 0.6) is 0 Å². The maximum atomic E-state index is 6.15. The van der Waals surface area contributed by atoms with Gasteiger partial charge in [0, 0.05) is 17.2 Å². The third kappa shape index (κ3) is 2.91. The first kappa shape index (κ1) is 20.6. The second kappa shape index (κ2) is 6.18. The number of fused-ring (bicyclic) bond motifs is 1. The Hall–Kier alpha value is -1.65. The average Bonchev–Trinajstić information content (AvgIpc) is 2.94.